The van der Waals surface area contributed by atoms with E-state index in [4.69, 9.17) is 16.7 Å². The molecule has 0 aromatic carbocycles. The second-order valence-corrected chi connectivity index (χ2v) is 4.24. The first-order valence-electron chi connectivity index (χ1n) is 5.17. The van der Waals surface area contributed by atoms with Crippen molar-refractivity contribution in [2.45, 2.75) is 26.0 Å². The summed E-state index contributed by atoms with van der Waals surface area (Å²) in [6.45, 7) is 2.94. The minimum Gasteiger partial charge on any atom is -0.480 e. The molecule has 0 spiro atoms. The number of aryl methyl sites for hydroxylation is 1. The van der Waals surface area contributed by atoms with Crippen LogP contribution in [-0.4, -0.2) is 39.2 Å². The Balaban J connectivity index is 2.90. The molecule has 0 fully saturated rings. The molecule has 2 atom stereocenters. The Bertz CT molecular complexity index is 456. The van der Waals surface area contributed by atoms with E-state index in [2.05, 4.69) is 10.3 Å². The molecular formula is C11H13ClN2O4. The number of aromatic nitrogens is 1. The summed E-state index contributed by atoms with van der Waals surface area (Å²) < 4.78 is 0. The van der Waals surface area contributed by atoms with Gasteiger partial charge in [-0.1, -0.05) is 11.6 Å². The number of aliphatic carboxylic acids is 1. The van der Waals surface area contributed by atoms with Gasteiger partial charge in [0.25, 0.3) is 5.91 Å². The van der Waals surface area contributed by atoms with Gasteiger partial charge in [0.2, 0.25) is 0 Å². The number of nitrogens with zero attached hydrogens (tertiary/aromatic N) is 1. The number of aliphatic hydroxyl groups is 1. The van der Waals surface area contributed by atoms with Crippen molar-refractivity contribution in [3.63, 3.8) is 0 Å². The summed E-state index contributed by atoms with van der Waals surface area (Å²) in [6.07, 6.45) is -1.20. The zero-order valence-corrected chi connectivity index (χ0v) is 10.6. The Hall–Kier alpha value is -1.66. The van der Waals surface area contributed by atoms with E-state index in [9.17, 15) is 14.7 Å². The van der Waals surface area contributed by atoms with Gasteiger partial charge in [-0.25, -0.2) is 9.78 Å². The molecule has 6 nitrogen and oxygen atoms in total. The second kappa shape index (κ2) is 5.79. The Morgan fingerprint density at radius 1 is 1.44 bits per heavy atom. The van der Waals surface area contributed by atoms with Crippen LogP contribution in [0.15, 0.2) is 12.1 Å². The molecule has 18 heavy (non-hydrogen) atoms. The fourth-order valence-corrected chi connectivity index (χ4v) is 1.62. The third-order valence-electron chi connectivity index (χ3n) is 2.22. The Morgan fingerprint density at radius 3 is 2.50 bits per heavy atom. The minimum atomic E-state index is -1.37. The molecule has 0 aliphatic carbocycles. The van der Waals surface area contributed by atoms with Crippen molar-refractivity contribution in [3.05, 3.63) is 28.5 Å². The van der Waals surface area contributed by atoms with Gasteiger partial charge in [-0.2, -0.15) is 0 Å². The quantitative estimate of drug-likeness (QED) is 0.697. The summed E-state index contributed by atoms with van der Waals surface area (Å²) in [7, 11) is 0. The molecular weight excluding hydrogens is 260 g/mol. The molecule has 0 radical (unpaired) electrons. The van der Waals surface area contributed by atoms with E-state index in [-0.39, 0.29) is 10.7 Å². The summed E-state index contributed by atoms with van der Waals surface area (Å²) in [5.41, 5.74) is 0.732. The molecule has 7 heteroatoms. The molecule has 1 heterocycles. The first-order chi connectivity index (χ1) is 8.31. The third kappa shape index (κ3) is 3.68. The van der Waals surface area contributed by atoms with Crippen molar-refractivity contribution in [1.29, 1.82) is 0 Å². The molecule has 1 aromatic heterocycles. The predicted molar refractivity (Wildman–Crippen MR) is 64.6 cm³/mol. The fraction of sp³-hybridized carbons (Fsp3) is 0.364. The number of carbonyl (C=O) groups is 2. The standard InChI is InChI=1S/C11H13ClN2O4/c1-5-3-7(4-8(12)13-5)10(16)14-9(6(2)15)11(17)18/h3-4,6,9,15H,1-2H3,(H,14,16)(H,17,18). The lowest BCUT2D eigenvalue weighted by molar-refractivity contribution is -0.141. The Kier molecular flexibility index (Phi) is 4.63. The highest BCUT2D eigenvalue weighted by Gasteiger charge is 2.25. The first-order valence-corrected chi connectivity index (χ1v) is 5.55. The molecule has 1 aromatic rings. The maximum absolute atomic E-state index is 11.8. The molecule has 0 aliphatic rings. The van der Waals surface area contributed by atoms with E-state index < -0.39 is 24.0 Å². The van der Waals surface area contributed by atoms with Gasteiger partial charge in [0.05, 0.1) is 6.10 Å². The fourth-order valence-electron chi connectivity index (χ4n) is 1.37. The molecule has 1 amide bonds. The van der Waals surface area contributed by atoms with E-state index in [1.165, 1.54) is 19.1 Å². The van der Waals surface area contributed by atoms with Gasteiger partial charge >= 0.3 is 5.97 Å². The number of carboxylic acids is 1. The second-order valence-electron chi connectivity index (χ2n) is 3.85. The largest absolute Gasteiger partial charge is 0.480 e. The topological polar surface area (TPSA) is 99.5 Å². The van der Waals surface area contributed by atoms with Gasteiger partial charge in [-0.3, -0.25) is 4.79 Å². The lowest BCUT2D eigenvalue weighted by Gasteiger charge is -2.17. The van der Waals surface area contributed by atoms with Crippen LogP contribution in [0.4, 0.5) is 0 Å². The van der Waals surface area contributed by atoms with Crippen molar-refractivity contribution in [2.75, 3.05) is 0 Å². The smallest absolute Gasteiger partial charge is 0.328 e. The first kappa shape index (κ1) is 14.4. The number of pyridine rings is 1. The van der Waals surface area contributed by atoms with Gasteiger partial charge in [-0.15, -0.1) is 0 Å². The van der Waals surface area contributed by atoms with Crippen LogP contribution in [0.1, 0.15) is 23.0 Å². The summed E-state index contributed by atoms with van der Waals surface area (Å²) in [5, 5.41) is 20.4. The number of hydrogen-bond donors (Lipinski definition) is 3. The van der Waals surface area contributed by atoms with Gasteiger partial charge in [-0.05, 0) is 26.0 Å². The van der Waals surface area contributed by atoms with Gasteiger partial charge < -0.3 is 15.5 Å². The number of carboxylic acid groups (broad SMARTS) is 1. The maximum atomic E-state index is 11.8. The Morgan fingerprint density at radius 2 is 2.06 bits per heavy atom. The zero-order chi connectivity index (χ0) is 13.9. The van der Waals surface area contributed by atoms with E-state index >= 15 is 0 Å². The molecule has 2 unspecified atom stereocenters. The van der Waals surface area contributed by atoms with Crippen molar-refractivity contribution in [1.82, 2.24) is 10.3 Å². The van der Waals surface area contributed by atoms with Gasteiger partial charge in [0, 0.05) is 11.3 Å². The third-order valence-corrected chi connectivity index (χ3v) is 2.41. The maximum Gasteiger partial charge on any atom is 0.328 e. The highest BCUT2D eigenvalue weighted by Crippen LogP contribution is 2.10. The molecule has 0 saturated heterocycles. The number of nitrogens with one attached hydrogen (secondary N) is 1. The van der Waals surface area contributed by atoms with Gasteiger partial charge in [0.1, 0.15) is 5.15 Å². The highest BCUT2D eigenvalue weighted by molar-refractivity contribution is 6.29. The van der Waals surface area contributed by atoms with Crippen LogP contribution in [0.3, 0.4) is 0 Å². The number of carbonyl (C=O) groups excluding carboxylic acids is 1. The van der Waals surface area contributed by atoms with E-state index in [1.807, 2.05) is 0 Å². The monoisotopic (exact) mass is 272 g/mol. The van der Waals surface area contributed by atoms with Crippen molar-refractivity contribution < 1.29 is 19.8 Å². The van der Waals surface area contributed by atoms with E-state index in [1.54, 1.807) is 6.92 Å². The van der Waals surface area contributed by atoms with Crippen LogP contribution in [0, 0.1) is 6.92 Å². The molecule has 98 valence electrons. The van der Waals surface area contributed by atoms with Crippen molar-refractivity contribution in [3.8, 4) is 0 Å². The molecule has 1 rings (SSSR count). The molecule has 0 aliphatic heterocycles. The lowest BCUT2D eigenvalue weighted by Crippen LogP contribution is -2.47. The van der Waals surface area contributed by atoms with Gasteiger partial charge in [0.15, 0.2) is 6.04 Å². The highest BCUT2D eigenvalue weighted by atomic mass is 35.5. The average molecular weight is 273 g/mol. The number of amides is 1. The number of hydrogen-bond acceptors (Lipinski definition) is 4. The van der Waals surface area contributed by atoms with Crippen LogP contribution >= 0.6 is 11.6 Å². The average Bonchev–Trinajstić information content (AvgIpc) is 2.23. The lowest BCUT2D eigenvalue weighted by atomic mass is 10.1. The Labute approximate surface area is 109 Å². The number of halogens is 1. The molecule has 3 N–H and O–H groups in total. The normalized spacial score (nSPS) is 13.8. The SMILES string of the molecule is Cc1cc(C(=O)NC(C(=O)O)C(C)O)cc(Cl)n1. The summed E-state index contributed by atoms with van der Waals surface area (Å²) in [4.78, 5) is 26.5. The van der Waals surface area contributed by atoms with Crippen LogP contribution in [0.5, 0.6) is 0 Å². The van der Waals surface area contributed by atoms with Crippen LogP contribution in [-0.2, 0) is 4.79 Å². The van der Waals surface area contributed by atoms with Crippen LogP contribution in [0.2, 0.25) is 5.15 Å². The number of aliphatic hydroxyl groups excluding tert-OH is 1. The van der Waals surface area contributed by atoms with Crippen molar-refractivity contribution in [2.24, 2.45) is 0 Å². The van der Waals surface area contributed by atoms with E-state index in [0.29, 0.717) is 5.69 Å². The summed E-state index contributed by atoms with van der Waals surface area (Å²) in [6, 6.07) is 1.43. The number of rotatable bonds is 4. The predicted octanol–water partition coefficient (Wildman–Crippen LogP) is 0.607. The zero-order valence-electron chi connectivity index (χ0n) is 9.85. The van der Waals surface area contributed by atoms with Crippen LogP contribution < -0.4 is 5.32 Å². The van der Waals surface area contributed by atoms with Crippen molar-refractivity contribution >= 4 is 23.5 Å². The minimum absolute atomic E-state index is 0.143. The summed E-state index contributed by atoms with van der Waals surface area (Å²) in [5.74, 6) is -1.94. The van der Waals surface area contributed by atoms with Crippen LogP contribution in [0.25, 0.3) is 0 Å². The molecule has 0 bridgehead atoms. The molecule has 0 saturated carbocycles. The van der Waals surface area contributed by atoms with E-state index in [0.717, 1.165) is 0 Å². The summed E-state index contributed by atoms with van der Waals surface area (Å²) >= 11 is 5.70.